The minimum atomic E-state index is -1.47. The van der Waals surface area contributed by atoms with Crippen molar-refractivity contribution >= 4 is 35.4 Å². The van der Waals surface area contributed by atoms with E-state index in [1.54, 1.807) is 19.1 Å². The molecule has 1 aromatic rings. The number of likely N-dealkylation sites (N-methyl/N-ethyl adjacent to an activating group) is 1. The highest BCUT2D eigenvalue weighted by Gasteiger charge is 2.32. The first-order chi connectivity index (χ1) is 26.4. The van der Waals surface area contributed by atoms with Crippen LogP contribution in [0.25, 0.3) is 0 Å². The van der Waals surface area contributed by atoms with Gasteiger partial charge in [0.15, 0.2) is 6.10 Å². The number of carbonyl (C=O) groups excluding carboxylic acids is 6. The third kappa shape index (κ3) is 17.7. The lowest BCUT2D eigenvalue weighted by Crippen LogP contribution is -2.52. The molecule has 13 nitrogen and oxygen atoms in total. The molecule has 0 saturated heterocycles. The lowest BCUT2D eigenvalue weighted by molar-refractivity contribution is -0.156. The molecule has 1 aliphatic carbocycles. The van der Waals surface area contributed by atoms with Gasteiger partial charge in [-0.2, -0.15) is 0 Å². The van der Waals surface area contributed by atoms with Gasteiger partial charge in [0.2, 0.25) is 17.6 Å². The molecular weight excluding hydrogens is 702 g/mol. The van der Waals surface area contributed by atoms with Crippen LogP contribution in [-0.4, -0.2) is 84.7 Å². The average molecular weight is 764 g/mol. The number of hydrogen-bond acceptors (Lipinski definition) is 9. The number of nitrogens with zero attached hydrogens (tertiary/aromatic N) is 1. The number of esters is 1. The van der Waals surface area contributed by atoms with E-state index in [2.05, 4.69) is 28.2 Å². The molecule has 0 bridgehead atoms. The summed E-state index contributed by atoms with van der Waals surface area (Å²) in [5.74, 6) is -4.62. The molecule has 0 heterocycles. The van der Waals surface area contributed by atoms with Crippen LogP contribution < -0.4 is 21.3 Å². The van der Waals surface area contributed by atoms with E-state index in [1.807, 2.05) is 62.3 Å². The van der Waals surface area contributed by atoms with Crippen LogP contribution in [0.1, 0.15) is 109 Å². The maximum absolute atomic E-state index is 13.7. The summed E-state index contributed by atoms with van der Waals surface area (Å²) < 4.78 is 5.49. The molecule has 3 atom stereocenters. The minimum absolute atomic E-state index is 0.115. The second-order valence-corrected chi connectivity index (χ2v) is 13.7. The highest BCUT2D eigenvalue weighted by atomic mass is 16.5. The lowest BCUT2D eigenvalue weighted by Gasteiger charge is -2.28. The number of allylic oxidation sites excluding steroid dienone is 5. The minimum Gasteiger partial charge on any atom is -0.516 e. The molecule has 1 saturated carbocycles. The molecule has 2 rings (SSSR count). The van der Waals surface area contributed by atoms with Crippen LogP contribution in [0.15, 0.2) is 77.7 Å². The Hall–Kier alpha value is -5.20. The van der Waals surface area contributed by atoms with Crippen LogP contribution in [0.2, 0.25) is 0 Å². The molecule has 4 amide bonds. The Bertz CT molecular complexity index is 1540. The van der Waals surface area contributed by atoms with Crippen molar-refractivity contribution in [3.05, 3.63) is 83.3 Å². The Kier molecular flexibility index (Phi) is 21.5. The number of rotatable bonds is 26. The Labute approximate surface area is 326 Å². The Morgan fingerprint density at radius 3 is 2.20 bits per heavy atom. The molecule has 13 heteroatoms. The predicted octanol–water partition coefficient (Wildman–Crippen LogP) is 5.17. The van der Waals surface area contributed by atoms with Crippen LogP contribution >= 0.6 is 0 Å². The van der Waals surface area contributed by atoms with Crippen molar-refractivity contribution in [3.63, 3.8) is 0 Å². The molecule has 302 valence electrons. The fraction of sp³-hybridized carbons (Fsp3) is 0.524. The van der Waals surface area contributed by atoms with E-state index < -0.39 is 60.8 Å². The summed E-state index contributed by atoms with van der Waals surface area (Å²) in [5, 5.41) is 20.0. The van der Waals surface area contributed by atoms with Gasteiger partial charge in [-0.3, -0.25) is 28.8 Å². The molecule has 1 aromatic carbocycles. The second kappa shape index (κ2) is 25.8. The van der Waals surface area contributed by atoms with Crippen molar-refractivity contribution in [1.82, 2.24) is 26.2 Å². The van der Waals surface area contributed by atoms with E-state index >= 15 is 0 Å². The van der Waals surface area contributed by atoms with Gasteiger partial charge in [-0.05, 0) is 54.9 Å². The molecule has 1 fully saturated rings. The number of amides is 4. The maximum Gasteiger partial charge on any atom is 0.326 e. The van der Waals surface area contributed by atoms with Gasteiger partial charge in [-0.1, -0.05) is 101 Å². The van der Waals surface area contributed by atoms with Gasteiger partial charge in [0.1, 0.15) is 6.54 Å². The normalized spacial score (nSPS) is 14.1. The smallest absolute Gasteiger partial charge is 0.326 e. The van der Waals surface area contributed by atoms with Crippen molar-refractivity contribution < 1.29 is 38.6 Å². The van der Waals surface area contributed by atoms with E-state index in [0.29, 0.717) is 18.4 Å². The van der Waals surface area contributed by atoms with E-state index in [-0.39, 0.29) is 25.2 Å². The number of ether oxygens (including phenoxy) is 1. The standard InChI is InChI=1S/C42H61N5O8/c1-6-9-11-12-13-14-16-19-30(25-26-48)27-34(55-37(51)29-43-35(49)8-3)41(53)45-33(22-10-7-2)40(52)42(54)44-28-36(50)46-38(31-20-17-15-18-21-31)39(47(4)5)32-23-24-32/h14-21,25-26,33-34,38,48H,6-13,22-24,27-29H2,1-5H3,(H,43,49)(H,44,54)(H,45,53)(H,46,50)/b16-14-,26-25+,30-19+. The van der Waals surface area contributed by atoms with Gasteiger partial charge in [0.25, 0.3) is 11.8 Å². The fourth-order valence-corrected chi connectivity index (χ4v) is 5.77. The molecule has 3 unspecified atom stereocenters. The number of aliphatic hydroxyl groups excluding tert-OH is 1. The largest absolute Gasteiger partial charge is 0.516 e. The number of carbonyl (C=O) groups is 6. The van der Waals surface area contributed by atoms with Crippen LogP contribution in [0, 0.1) is 0 Å². The Balaban J connectivity index is 2.21. The van der Waals surface area contributed by atoms with Crippen LogP contribution in [0.4, 0.5) is 0 Å². The van der Waals surface area contributed by atoms with Gasteiger partial charge >= 0.3 is 5.97 Å². The van der Waals surface area contributed by atoms with Gasteiger partial charge in [-0.15, -0.1) is 0 Å². The summed E-state index contributed by atoms with van der Waals surface area (Å²) in [6.45, 7) is 4.69. The summed E-state index contributed by atoms with van der Waals surface area (Å²) in [6.07, 6.45) is 14.5. The van der Waals surface area contributed by atoms with Gasteiger partial charge in [0.05, 0.1) is 24.9 Å². The third-order valence-electron chi connectivity index (χ3n) is 8.87. The second-order valence-electron chi connectivity index (χ2n) is 13.7. The molecule has 1 aliphatic rings. The van der Waals surface area contributed by atoms with Crippen molar-refractivity contribution in [2.24, 2.45) is 0 Å². The third-order valence-corrected chi connectivity index (χ3v) is 8.87. The summed E-state index contributed by atoms with van der Waals surface area (Å²) in [6, 6.07) is 7.74. The van der Waals surface area contributed by atoms with Gasteiger partial charge in [-0.25, -0.2) is 0 Å². The van der Waals surface area contributed by atoms with Crippen molar-refractivity contribution in [1.29, 1.82) is 0 Å². The number of ketones is 1. The number of aliphatic hydroxyl groups is 1. The number of nitrogens with one attached hydrogen (secondary N) is 4. The van der Waals surface area contributed by atoms with E-state index in [9.17, 15) is 33.9 Å². The maximum atomic E-state index is 13.7. The van der Waals surface area contributed by atoms with E-state index in [4.69, 9.17) is 4.74 Å². The summed E-state index contributed by atoms with van der Waals surface area (Å²) in [4.78, 5) is 80.1. The highest BCUT2D eigenvalue weighted by molar-refractivity contribution is 6.38. The number of Topliss-reactive ketones (excluding diaryl/α,β-unsaturated/α-hetero) is 1. The van der Waals surface area contributed by atoms with Crippen LogP contribution in [-0.2, 0) is 33.5 Å². The Morgan fingerprint density at radius 2 is 1.58 bits per heavy atom. The monoisotopic (exact) mass is 763 g/mol. The van der Waals surface area contributed by atoms with Crippen molar-refractivity contribution in [2.75, 3.05) is 27.2 Å². The molecule has 0 radical (unpaired) electrons. The zero-order chi connectivity index (χ0) is 40.6. The Morgan fingerprint density at radius 1 is 0.873 bits per heavy atom. The SMILES string of the molecule is CCCCCC\C=C/C=C(\C=C\O)CC(OC(=O)CNC(=O)CC)C(=O)NC(CCCC)C(=O)C(=O)NCC(=O)NC(C(=C1CC1)N(C)C)c1ccccc1. The molecule has 0 spiro atoms. The van der Waals surface area contributed by atoms with Crippen molar-refractivity contribution in [2.45, 2.75) is 116 Å². The average Bonchev–Trinajstić information content (AvgIpc) is 4.01. The van der Waals surface area contributed by atoms with Gasteiger partial charge < -0.3 is 36.0 Å². The first-order valence-corrected chi connectivity index (χ1v) is 19.4. The number of hydrogen-bond donors (Lipinski definition) is 5. The zero-order valence-electron chi connectivity index (χ0n) is 33.2. The predicted molar refractivity (Wildman–Crippen MR) is 212 cm³/mol. The molecule has 5 N–H and O–H groups in total. The first-order valence-electron chi connectivity index (χ1n) is 19.4. The topological polar surface area (TPSA) is 183 Å². The van der Waals surface area contributed by atoms with Crippen LogP contribution in [0.3, 0.4) is 0 Å². The number of benzene rings is 1. The first kappa shape index (κ1) is 46.0. The molecule has 0 aromatic heterocycles. The molecular formula is C42H61N5O8. The summed E-state index contributed by atoms with van der Waals surface area (Å²) >= 11 is 0. The highest BCUT2D eigenvalue weighted by Crippen LogP contribution is 2.38. The van der Waals surface area contributed by atoms with E-state index in [1.165, 1.54) is 11.6 Å². The summed E-state index contributed by atoms with van der Waals surface area (Å²) in [5.41, 5.74) is 3.52. The van der Waals surface area contributed by atoms with Crippen molar-refractivity contribution in [3.8, 4) is 0 Å². The lowest BCUT2D eigenvalue weighted by atomic mass is 10.0. The summed E-state index contributed by atoms with van der Waals surface area (Å²) in [7, 11) is 3.83. The quantitative estimate of drug-likeness (QED) is 0.0280. The number of unbranched alkanes of at least 4 members (excludes halogenated alkanes) is 5. The van der Waals surface area contributed by atoms with Crippen LogP contribution in [0.5, 0.6) is 0 Å². The zero-order valence-corrected chi connectivity index (χ0v) is 33.2. The fourth-order valence-electron chi connectivity index (χ4n) is 5.77. The van der Waals surface area contributed by atoms with Gasteiger partial charge in [0, 0.05) is 32.6 Å². The van der Waals surface area contributed by atoms with E-state index in [0.717, 1.165) is 62.5 Å². The molecule has 55 heavy (non-hydrogen) atoms. The molecule has 0 aliphatic heterocycles.